The van der Waals surface area contributed by atoms with Crippen LogP contribution in [-0.4, -0.2) is 53.5 Å². The van der Waals surface area contributed by atoms with Crippen LogP contribution >= 0.6 is 11.6 Å². The Morgan fingerprint density at radius 1 is 0.962 bits per heavy atom. The van der Waals surface area contributed by atoms with Gasteiger partial charge in [0.25, 0.3) is 0 Å². The number of Topliss-reactive ketones (excluding diaryl/α,β-unsaturated/α-hetero) is 1. The first-order valence-corrected chi connectivity index (χ1v) is 21.0. The highest BCUT2D eigenvalue weighted by molar-refractivity contribution is 6.30. The normalized spacial score (nSPS) is 35.1. The van der Waals surface area contributed by atoms with Gasteiger partial charge in [0.1, 0.15) is 6.10 Å². The van der Waals surface area contributed by atoms with Crippen LogP contribution in [0.5, 0.6) is 0 Å². The molecule has 6 rings (SSSR count). The highest BCUT2D eigenvalue weighted by atomic mass is 35.5. The minimum atomic E-state index is -1.15. The third-order valence-electron chi connectivity index (χ3n) is 15.8. The van der Waals surface area contributed by atoms with E-state index < -0.39 is 17.4 Å². The van der Waals surface area contributed by atoms with Crippen molar-refractivity contribution in [1.82, 2.24) is 4.90 Å². The molecule has 4 saturated carbocycles. The highest BCUT2D eigenvalue weighted by Crippen LogP contribution is 2.73. The third-order valence-corrected chi connectivity index (χ3v) is 16.0. The number of fused-ring (bicyclic) bond motifs is 7. The number of allylic oxidation sites excluding steroid dienone is 2. The second-order valence-corrected chi connectivity index (χ2v) is 20.4. The molecule has 0 heterocycles. The van der Waals surface area contributed by atoms with Gasteiger partial charge in [-0.15, -0.1) is 0 Å². The van der Waals surface area contributed by atoms with Gasteiger partial charge in [-0.2, -0.15) is 0 Å². The first-order chi connectivity index (χ1) is 24.8. The van der Waals surface area contributed by atoms with Crippen molar-refractivity contribution in [2.45, 2.75) is 139 Å². The average Bonchev–Trinajstić information content (AvgIpc) is 3.38. The van der Waals surface area contributed by atoms with Gasteiger partial charge in [-0.1, -0.05) is 70.8 Å². The van der Waals surface area contributed by atoms with Gasteiger partial charge in [0.05, 0.1) is 11.8 Å². The lowest BCUT2D eigenvalue weighted by Gasteiger charge is -2.69. The second kappa shape index (κ2) is 14.7. The number of carboxylic acid groups (broad SMARTS) is 1. The maximum atomic E-state index is 14.1. The van der Waals surface area contributed by atoms with Crippen LogP contribution in [0.25, 0.3) is 0 Å². The fourth-order valence-corrected chi connectivity index (χ4v) is 13.4. The van der Waals surface area contributed by atoms with E-state index in [9.17, 15) is 19.5 Å². The van der Waals surface area contributed by atoms with Crippen LogP contribution in [0.4, 0.5) is 0 Å². The van der Waals surface area contributed by atoms with Gasteiger partial charge >= 0.3 is 11.9 Å². The molecule has 294 valence electrons. The smallest absolute Gasteiger partial charge is 0.309 e. The van der Waals surface area contributed by atoms with E-state index in [1.165, 1.54) is 18.4 Å². The Labute approximate surface area is 324 Å². The Hall–Kier alpha value is -2.22. The van der Waals surface area contributed by atoms with Gasteiger partial charge < -0.3 is 15.6 Å². The van der Waals surface area contributed by atoms with Crippen molar-refractivity contribution < 1.29 is 24.2 Å². The van der Waals surface area contributed by atoms with Crippen LogP contribution in [0.1, 0.15) is 132 Å². The minimum Gasteiger partial charge on any atom is -0.481 e. The van der Waals surface area contributed by atoms with E-state index in [2.05, 4.69) is 58.6 Å². The number of carbonyl (C=O) groups is 3. The van der Waals surface area contributed by atoms with Crippen LogP contribution in [0, 0.1) is 56.7 Å². The minimum absolute atomic E-state index is 0.0614. The molecule has 0 aliphatic heterocycles. The van der Waals surface area contributed by atoms with Crippen LogP contribution in [0.15, 0.2) is 35.4 Å². The number of hydrogen-bond donors (Lipinski definition) is 2. The number of benzene rings is 1. The molecule has 7 nitrogen and oxygen atoms in total. The summed E-state index contributed by atoms with van der Waals surface area (Å²) in [6, 6.07) is 8.13. The number of ketones is 1. The van der Waals surface area contributed by atoms with Crippen LogP contribution in [0.3, 0.4) is 0 Å². The van der Waals surface area contributed by atoms with Crippen molar-refractivity contribution >= 4 is 29.3 Å². The number of nitrogens with two attached hydrogens (primary N) is 1. The molecule has 3 N–H and O–H groups in total. The first kappa shape index (κ1) is 40.4. The van der Waals surface area contributed by atoms with Gasteiger partial charge in [0, 0.05) is 41.9 Å². The molecule has 8 atom stereocenters. The van der Waals surface area contributed by atoms with Crippen molar-refractivity contribution in [3.05, 3.63) is 46.0 Å². The molecule has 1 aromatic rings. The lowest BCUT2D eigenvalue weighted by atomic mass is 9.36. The Bertz CT molecular complexity index is 1600. The number of aliphatic carboxylic acids is 1. The number of carboxylic acids is 1. The Morgan fingerprint density at radius 3 is 2.28 bits per heavy atom. The van der Waals surface area contributed by atoms with E-state index >= 15 is 0 Å². The quantitative estimate of drug-likeness (QED) is 0.205. The molecule has 4 fully saturated rings. The SMILES string of the molecule is CC(C)C1=C2C3CCC4C(C)(CCC5C(C)(C)C(OC(=O)CC(C)(C)C(=O)O)CCC54C)C3CCC2(CCN(CCN)Cc2ccc(Cl)cc2)CC1=O. The molecule has 0 bridgehead atoms. The zero-order valence-corrected chi connectivity index (χ0v) is 34.6. The number of halogens is 1. The van der Waals surface area contributed by atoms with Gasteiger partial charge in [-0.05, 0) is 142 Å². The molecule has 0 aromatic heterocycles. The fraction of sp³-hybridized carbons (Fsp3) is 0.756. The fourth-order valence-electron chi connectivity index (χ4n) is 13.2. The Kier molecular flexibility index (Phi) is 11.2. The molecule has 53 heavy (non-hydrogen) atoms. The van der Waals surface area contributed by atoms with Gasteiger partial charge in [0.2, 0.25) is 0 Å². The van der Waals surface area contributed by atoms with Gasteiger partial charge in [-0.3, -0.25) is 19.3 Å². The predicted molar refractivity (Wildman–Crippen MR) is 211 cm³/mol. The summed E-state index contributed by atoms with van der Waals surface area (Å²) in [7, 11) is 0. The van der Waals surface area contributed by atoms with Crippen molar-refractivity contribution in [2.75, 3.05) is 19.6 Å². The number of rotatable bonds is 12. The topological polar surface area (TPSA) is 110 Å². The van der Waals surface area contributed by atoms with Crippen LogP contribution in [0.2, 0.25) is 5.02 Å². The standard InChI is InChI=1S/C45H67ClN2O5/c1-28(2)38-33(49)25-45(21-23-48(24-22-47)27-29-9-11-30(46)12-10-29)20-15-32-31(39(38)45)13-14-35-43(32,7)18-16-34-42(5,6)36(17-19-44(34,35)8)53-37(50)26-41(3,4)40(51)52/h9-12,28,31-32,34-36H,13-27,47H2,1-8H3,(H,51,52). The summed E-state index contributed by atoms with van der Waals surface area (Å²) in [6.45, 7) is 20.6. The maximum absolute atomic E-state index is 14.1. The molecule has 5 aliphatic rings. The summed E-state index contributed by atoms with van der Waals surface area (Å²) in [6.07, 6.45) is 10.0. The Balaban J connectivity index is 1.23. The molecule has 1 aromatic carbocycles. The number of carbonyl (C=O) groups excluding carboxylic acids is 2. The molecular formula is C45H67ClN2O5. The molecule has 0 saturated heterocycles. The zero-order chi connectivity index (χ0) is 38.7. The van der Waals surface area contributed by atoms with Crippen LogP contribution < -0.4 is 5.73 Å². The predicted octanol–water partition coefficient (Wildman–Crippen LogP) is 9.49. The van der Waals surface area contributed by atoms with E-state index in [1.807, 2.05) is 12.1 Å². The molecular weight excluding hydrogens is 684 g/mol. The summed E-state index contributed by atoms with van der Waals surface area (Å²) in [4.78, 5) is 41.4. The van der Waals surface area contributed by atoms with Gasteiger partial charge in [0.15, 0.2) is 5.78 Å². The van der Waals surface area contributed by atoms with Crippen molar-refractivity contribution in [3.63, 3.8) is 0 Å². The molecule has 8 unspecified atom stereocenters. The van der Waals surface area contributed by atoms with Crippen molar-refractivity contribution in [3.8, 4) is 0 Å². The third kappa shape index (κ3) is 7.18. The summed E-state index contributed by atoms with van der Waals surface area (Å²) < 4.78 is 6.17. The van der Waals surface area contributed by atoms with E-state index in [1.54, 1.807) is 19.4 Å². The average molecular weight is 751 g/mol. The first-order valence-electron chi connectivity index (χ1n) is 20.7. The van der Waals surface area contributed by atoms with Crippen molar-refractivity contribution in [2.24, 2.45) is 62.4 Å². The zero-order valence-electron chi connectivity index (χ0n) is 33.9. The van der Waals surface area contributed by atoms with E-state index in [0.717, 1.165) is 75.2 Å². The molecule has 0 radical (unpaired) electrons. The highest BCUT2D eigenvalue weighted by Gasteiger charge is 2.66. The van der Waals surface area contributed by atoms with E-state index in [4.69, 9.17) is 22.1 Å². The number of nitrogens with zero attached hydrogens (tertiary/aromatic N) is 1. The summed E-state index contributed by atoms with van der Waals surface area (Å²) in [5.41, 5.74) is 8.96. The van der Waals surface area contributed by atoms with Crippen molar-refractivity contribution in [1.29, 1.82) is 0 Å². The maximum Gasteiger partial charge on any atom is 0.309 e. The summed E-state index contributed by atoms with van der Waals surface area (Å²) in [5.74, 6) is 1.25. The van der Waals surface area contributed by atoms with Crippen LogP contribution in [-0.2, 0) is 25.7 Å². The lowest BCUT2D eigenvalue weighted by molar-refractivity contribution is -0.214. The summed E-state index contributed by atoms with van der Waals surface area (Å²) >= 11 is 6.19. The second-order valence-electron chi connectivity index (χ2n) is 20.0. The molecule has 0 spiro atoms. The molecule has 0 amide bonds. The monoisotopic (exact) mass is 750 g/mol. The van der Waals surface area contributed by atoms with E-state index in [0.29, 0.717) is 42.4 Å². The Morgan fingerprint density at radius 2 is 1.64 bits per heavy atom. The molecule has 8 heteroatoms. The number of esters is 1. The lowest BCUT2D eigenvalue weighted by Crippen LogP contribution is -2.63. The van der Waals surface area contributed by atoms with E-state index in [-0.39, 0.29) is 40.1 Å². The largest absolute Gasteiger partial charge is 0.481 e. The molecule has 5 aliphatic carbocycles. The number of ether oxygens (including phenoxy) is 1. The number of hydrogen-bond acceptors (Lipinski definition) is 6. The summed E-state index contributed by atoms with van der Waals surface area (Å²) in [5, 5.41) is 10.4. The van der Waals surface area contributed by atoms with Gasteiger partial charge in [-0.25, -0.2) is 0 Å².